The van der Waals surface area contributed by atoms with Crippen LogP contribution in [-0.4, -0.2) is 0 Å². The summed E-state index contributed by atoms with van der Waals surface area (Å²) in [5.74, 6) is 0. The monoisotopic (exact) mass is 112 g/mol. The molecule has 0 saturated carbocycles. The Kier molecular flexibility index (Phi) is 1.15. The Morgan fingerprint density at radius 3 is 1.71 bits per heavy atom. The topological polar surface area (TPSA) is 0 Å². The van der Waals surface area contributed by atoms with E-state index in [1.54, 1.807) is 11.3 Å². The Morgan fingerprint density at radius 2 is 1.57 bits per heavy atom. The first-order valence-corrected chi connectivity index (χ1v) is 3.24. The molecule has 1 heteroatoms. The molecule has 0 aliphatic rings. The third kappa shape index (κ3) is 0.829. The van der Waals surface area contributed by atoms with Gasteiger partial charge in [0.1, 0.15) is 0 Å². The molecule has 1 rings (SSSR count). The van der Waals surface area contributed by atoms with Gasteiger partial charge in [-0.3, -0.25) is 0 Å². The predicted molar refractivity (Wildman–Crippen MR) is 33.8 cm³/mol. The normalized spacial score (nSPS) is 9.43. The molecule has 0 nitrogen and oxygen atoms in total. The number of hydrogen-bond acceptors (Lipinski definition) is 1. The Hall–Kier alpha value is -0.300. The molecule has 1 heterocycles. The molecule has 0 unspecified atom stereocenters. The van der Waals surface area contributed by atoms with E-state index in [-0.39, 0.29) is 0 Å². The van der Waals surface area contributed by atoms with Gasteiger partial charge in [0.15, 0.2) is 0 Å². The third-order valence-corrected chi connectivity index (χ3v) is 2.09. The van der Waals surface area contributed by atoms with Crippen molar-refractivity contribution in [1.29, 1.82) is 0 Å². The predicted octanol–water partition coefficient (Wildman–Crippen LogP) is 2.36. The summed E-state index contributed by atoms with van der Waals surface area (Å²) in [6, 6.07) is 0. The van der Waals surface area contributed by atoms with Gasteiger partial charge >= 0.3 is 0 Å². The van der Waals surface area contributed by atoms with Gasteiger partial charge in [0.2, 0.25) is 0 Å². The van der Waals surface area contributed by atoms with Gasteiger partial charge in [0, 0.05) is 0 Å². The standard InChI is InChI=1S/C6H8S/c1-5-3-7-4-6(5)2/h3-4H,1-2H3. The van der Waals surface area contributed by atoms with E-state index in [9.17, 15) is 0 Å². The first kappa shape index (κ1) is 4.85. The Morgan fingerprint density at radius 1 is 1.14 bits per heavy atom. The van der Waals surface area contributed by atoms with Crippen molar-refractivity contribution >= 4 is 11.3 Å². The Bertz CT molecular complexity index is 136. The van der Waals surface area contributed by atoms with Crippen molar-refractivity contribution in [2.24, 2.45) is 0 Å². The van der Waals surface area contributed by atoms with E-state index in [4.69, 9.17) is 0 Å². The van der Waals surface area contributed by atoms with Crippen molar-refractivity contribution in [1.82, 2.24) is 0 Å². The summed E-state index contributed by atoms with van der Waals surface area (Å²) in [6.45, 7) is 4.26. The summed E-state index contributed by atoms with van der Waals surface area (Å²) in [6.07, 6.45) is 0. The average molecular weight is 112 g/mol. The lowest BCUT2D eigenvalue weighted by Crippen LogP contribution is -1.63. The van der Waals surface area contributed by atoms with Crippen LogP contribution in [0.5, 0.6) is 0 Å². The van der Waals surface area contributed by atoms with Crippen LogP contribution in [0.4, 0.5) is 0 Å². The van der Waals surface area contributed by atoms with Crippen molar-refractivity contribution in [2.75, 3.05) is 0 Å². The van der Waals surface area contributed by atoms with Crippen LogP contribution >= 0.6 is 11.3 Å². The van der Waals surface area contributed by atoms with Crippen molar-refractivity contribution in [3.05, 3.63) is 21.9 Å². The fourth-order valence-electron chi connectivity index (χ4n) is 0.424. The van der Waals surface area contributed by atoms with E-state index >= 15 is 0 Å². The minimum atomic E-state index is 1.41. The van der Waals surface area contributed by atoms with E-state index in [1.165, 1.54) is 11.1 Å². The first-order chi connectivity index (χ1) is 3.30. The second-order valence-electron chi connectivity index (χ2n) is 1.74. The molecule has 1 aromatic heterocycles. The second-order valence-corrected chi connectivity index (χ2v) is 2.48. The average Bonchev–Trinajstić information content (AvgIpc) is 1.91. The zero-order valence-corrected chi connectivity index (χ0v) is 5.38. The molecule has 7 heavy (non-hydrogen) atoms. The fraction of sp³-hybridized carbons (Fsp3) is 0.333. The lowest BCUT2D eigenvalue weighted by molar-refractivity contribution is 1.41. The van der Waals surface area contributed by atoms with Gasteiger partial charge < -0.3 is 0 Å². The Balaban J connectivity index is 3.12. The number of hydrogen-bond donors (Lipinski definition) is 0. The van der Waals surface area contributed by atoms with Gasteiger partial charge in [0.05, 0.1) is 0 Å². The van der Waals surface area contributed by atoms with E-state index in [0.29, 0.717) is 0 Å². The maximum absolute atomic E-state index is 2.16. The molecular formula is C6H8S. The highest BCUT2D eigenvalue weighted by molar-refractivity contribution is 7.08. The third-order valence-electron chi connectivity index (χ3n) is 1.11. The quantitative estimate of drug-likeness (QED) is 0.483. The molecule has 0 aliphatic carbocycles. The first-order valence-electron chi connectivity index (χ1n) is 2.30. The van der Waals surface area contributed by atoms with Crippen LogP contribution in [0.25, 0.3) is 0 Å². The highest BCUT2D eigenvalue weighted by atomic mass is 32.1. The van der Waals surface area contributed by atoms with Crippen LogP contribution in [-0.2, 0) is 0 Å². The molecule has 0 saturated heterocycles. The highest BCUT2D eigenvalue weighted by Gasteiger charge is 1.86. The van der Waals surface area contributed by atoms with Crippen molar-refractivity contribution < 1.29 is 0 Å². The van der Waals surface area contributed by atoms with Crippen molar-refractivity contribution in [3.63, 3.8) is 0 Å². The molecular weight excluding hydrogens is 104 g/mol. The molecule has 0 aliphatic heterocycles. The largest absolute Gasteiger partial charge is 0.152 e. The lowest BCUT2D eigenvalue weighted by atomic mass is 10.2. The Labute approximate surface area is 47.8 Å². The zero-order valence-electron chi connectivity index (χ0n) is 4.56. The molecule has 0 atom stereocenters. The summed E-state index contributed by atoms with van der Waals surface area (Å²) in [5, 5.41) is 4.32. The second kappa shape index (κ2) is 1.66. The molecule has 1 aromatic rings. The summed E-state index contributed by atoms with van der Waals surface area (Å²) < 4.78 is 0. The van der Waals surface area contributed by atoms with Crippen LogP contribution in [0.1, 0.15) is 11.1 Å². The minimum absolute atomic E-state index is 1.41. The van der Waals surface area contributed by atoms with Gasteiger partial charge in [-0.1, -0.05) is 0 Å². The van der Waals surface area contributed by atoms with Crippen LogP contribution in [0.15, 0.2) is 10.8 Å². The molecule has 0 spiro atoms. The van der Waals surface area contributed by atoms with Gasteiger partial charge in [-0.15, -0.1) is 0 Å². The van der Waals surface area contributed by atoms with E-state index in [2.05, 4.69) is 24.6 Å². The number of aryl methyl sites for hydroxylation is 2. The van der Waals surface area contributed by atoms with Crippen LogP contribution in [0.3, 0.4) is 0 Å². The summed E-state index contributed by atoms with van der Waals surface area (Å²) in [7, 11) is 0. The molecule has 0 bridgehead atoms. The molecule has 0 fully saturated rings. The maximum Gasteiger partial charge on any atom is -0.00613 e. The smallest absolute Gasteiger partial charge is 0.00613 e. The van der Waals surface area contributed by atoms with Gasteiger partial charge in [-0.2, -0.15) is 11.3 Å². The molecule has 0 aromatic carbocycles. The summed E-state index contributed by atoms with van der Waals surface area (Å²) >= 11 is 1.77. The maximum atomic E-state index is 2.16. The van der Waals surface area contributed by atoms with Crippen molar-refractivity contribution in [3.8, 4) is 0 Å². The SMILES string of the molecule is Cc1cscc1C. The van der Waals surface area contributed by atoms with Crippen LogP contribution in [0, 0.1) is 13.8 Å². The number of rotatable bonds is 0. The van der Waals surface area contributed by atoms with Crippen molar-refractivity contribution in [2.45, 2.75) is 13.8 Å². The molecule has 38 valence electrons. The van der Waals surface area contributed by atoms with Crippen LogP contribution < -0.4 is 0 Å². The summed E-state index contributed by atoms with van der Waals surface area (Å²) in [5.41, 5.74) is 2.81. The van der Waals surface area contributed by atoms with E-state index < -0.39 is 0 Å². The molecule has 0 radical (unpaired) electrons. The zero-order chi connectivity index (χ0) is 5.28. The molecule has 0 N–H and O–H groups in total. The van der Waals surface area contributed by atoms with E-state index in [0.717, 1.165) is 0 Å². The van der Waals surface area contributed by atoms with Gasteiger partial charge in [-0.05, 0) is 35.7 Å². The lowest BCUT2D eigenvalue weighted by Gasteiger charge is -1.79. The highest BCUT2D eigenvalue weighted by Crippen LogP contribution is 2.10. The van der Waals surface area contributed by atoms with Gasteiger partial charge in [-0.25, -0.2) is 0 Å². The van der Waals surface area contributed by atoms with Gasteiger partial charge in [0.25, 0.3) is 0 Å². The summed E-state index contributed by atoms with van der Waals surface area (Å²) in [4.78, 5) is 0. The van der Waals surface area contributed by atoms with Crippen LogP contribution in [0.2, 0.25) is 0 Å². The van der Waals surface area contributed by atoms with E-state index in [1.807, 2.05) is 0 Å². The minimum Gasteiger partial charge on any atom is -0.152 e. The number of thiophene rings is 1. The molecule has 0 amide bonds. The fourth-order valence-corrected chi connectivity index (χ4v) is 1.27.